The molecular weight excluding hydrogens is 342 g/mol. The van der Waals surface area contributed by atoms with E-state index in [1.54, 1.807) is 23.2 Å². The molecule has 8 heteroatoms. The second-order valence-corrected chi connectivity index (χ2v) is 6.54. The first-order valence-electron chi connectivity index (χ1n) is 8.70. The van der Waals surface area contributed by atoms with Crippen molar-refractivity contribution < 1.29 is 18.4 Å². The number of alkyl halides is 2. The van der Waals surface area contributed by atoms with Gasteiger partial charge in [0.2, 0.25) is 5.91 Å². The van der Waals surface area contributed by atoms with Crippen LogP contribution in [-0.2, 0) is 4.79 Å². The molecule has 2 aliphatic rings. The number of likely N-dealkylation sites (tertiary alicyclic amines) is 1. The number of amides is 2. The zero-order valence-corrected chi connectivity index (χ0v) is 14.5. The van der Waals surface area contributed by atoms with Crippen molar-refractivity contribution in [3.8, 4) is 0 Å². The van der Waals surface area contributed by atoms with Crippen LogP contribution < -0.4 is 4.90 Å². The fraction of sp³-hybridized carbons (Fsp3) is 0.500. The zero-order chi connectivity index (χ0) is 18.7. The quantitative estimate of drug-likeness (QED) is 0.768. The highest BCUT2D eigenvalue weighted by Crippen LogP contribution is 2.29. The summed E-state index contributed by atoms with van der Waals surface area (Å²) >= 11 is 0. The standard InChI is InChI=1S/C18H22F2N4O2/c1-2-15(25)22-10-12-23(13-11-22)16-14(4-3-7-21-16)17(26)24-8-5-18(19,20)6-9-24/h2-4,7H,1,5-6,8-13H2. The van der Waals surface area contributed by atoms with E-state index in [0.717, 1.165) is 0 Å². The smallest absolute Gasteiger partial charge is 0.257 e. The van der Waals surface area contributed by atoms with Gasteiger partial charge in [-0.3, -0.25) is 9.59 Å². The maximum atomic E-state index is 13.3. The molecule has 0 unspecified atom stereocenters. The SMILES string of the molecule is C=CC(=O)N1CCN(c2ncccc2C(=O)N2CCC(F)(F)CC2)CC1. The Hall–Kier alpha value is -2.51. The Morgan fingerprint density at radius 1 is 1.08 bits per heavy atom. The lowest BCUT2D eigenvalue weighted by atomic mass is 10.1. The summed E-state index contributed by atoms with van der Waals surface area (Å²) in [5.74, 6) is -2.53. The molecule has 140 valence electrons. The zero-order valence-electron chi connectivity index (χ0n) is 14.5. The van der Waals surface area contributed by atoms with Gasteiger partial charge >= 0.3 is 0 Å². The summed E-state index contributed by atoms with van der Waals surface area (Å²) in [6.07, 6.45) is 2.28. The largest absolute Gasteiger partial charge is 0.352 e. The number of carbonyl (C=O) groups is 2. The Balaban J connectivity index is 1.72. The van der Waals surface area contributed by atoms with Crippen LogP contribution in [-0.4, -0.2) is 71.8 Å². The van der Waals surface area contributed by atoms with Crippen LogP contribution in [0.2, 0.25) is 0 Å². The molecule has 1 aromatic heterocycles. The Labute approximate surface area is 151 Å². The molecule has 0 atom stereocenters. The first kappa shape index (κ1) is 18.3. The van der Waals surface area contributed by atoms with Crippen LogP contribution in [0.3, 0.4) is 0 Å². The normalized spacial score (nSPS) is 20.0. The topological polar surface area (TPSA) is 56.8 Å². The predicted octanol–water partition coefficient (Wildman–Crippen LogP) is 1.79. The average Bonchev–Trinajstić information content (AvgIpc) is 2.67. The van der Waals surface area contributed by atoms with Gasteiger partial charge < -0.3 is 14.7 Å². The van der Waals surface area contributed by atoms with Crippen LogP contribution in [0.4, 0.5) is 14.6 Å². The summed E-state index contributed by atoms with van der Waals surface area (Å²) in [6, 6.07) is 3.35. The lowest BCUT2D eigenvalue weighted by Gasteiger charge is -2.36. The van der Waals surface area contributed by atoms with Crippen LogP contribution in [0, 0.1) is 0 Å². The van der Waals surface area contributed by atoms with Crippen molar-refractivity contribution in [3.63, 3.8) is 0 Å². The lowest BCUT2D eigenvalue weighted by molar-refractivity contribution is -0.126. The lowest BCUT2D eigenvalue weighted by Crippen LogP contribution is -2.49. The van der Waals surface area contributed by atoms with Crippen molar-refractivity contribution in [2.45, 2.75) is 18.8 Å². The van der Waals surface area contributed by atoms with Gasteiger partial charge in [-0.25, -0.2) is 13.8 Å². The van der Waals surface area contributed by atoms with Gasteiger partial charge in [0.1, 0.15) is 5.82 Å². The summed E-state index contributed by atoms with van der Waals surface area (Å²) in [4.78, 5) is 34.0. The van der Waals surface area contributed by atoms with Crippen LogP contribution >= 0.6 is 0 Å². The number of hydrogen-bond donors (Lipinski definition) is 0. The molecule has 1 aromatic rings. The molecule has 0 N–H and O–H groups in total. The second-order valence-electron chi connectivity index (χ2n) is 6.54. The van der Waals surface area contributed by atoms with Gasteiger partial charge in [0.05, 0.1) is 5.56 Å². The highest BCUT2D eigenvalue weighted by molar-refractivity contribution is 5.99. The summed E-state index contributed by atoms with van der Waals surface area (Å²) in [5.41, 5.74) is 0.418. The predicted molar refractivity (Wildman–Crippen MR) is 93.3 cm³/mol. The maximum absolute atomic E-state index is 13.3. The average molecular weight is 364 g/mol. The minimum absolute atomic E-state index is 0.0434. The first-order valence-corrected chi connectivity index (χ1v) is 8.70. The van der Waals surface area contributed by atoms with Gasteiger partial charge in [-0.05, 0) is 18.2 Å². The molecule has 0 aliphatic carbocycles. The number of hydrogen-bond acceptors (Lipinski definition) is 4. The summed E-state index contributed by atoms with van der Waals surface area (Å²) < 4.78 is 26.7. The van der Waals surface area contributed by atoms with E-state index in [0.29, 0.717) is 37.6 Å². The minimum Gasteiger partial charge on any atom is -0.352 e. The number of nitrogens with zero attached hydrogens (tertiary/aromatic N) is 4. The molecule has 2 fully saturated rings. The number of carbonyl (C=O) groups excluding carboxylic acids is 2. The monoisotopic (exact) mass is 364 g/mol. The molecule has 0 radical (unpaired) electrons. The highest BCUT2D eigenvalue weighted by Gasteiger charge is 2.36. The third-order valence-corrected chi connectivity index (χ3v) is 4.86. The van der Waals surface area contributed by atoms with E-state index in [2.05, 4.69) is 11.6 Å². The van der Waals surface area contributed by atoms with E-state index in [-0.39, 0.29) is 37.7 Å². The molecule has 3 rings (SSSR count). The van der Waals surface area contributed by atoms with E-state index in [9.17, 15) is 18.4 Å². The Morgan fingerprint density at radius 3 is 2.35 bits per heavy atom. The van der Waals surface area contributed by atoms with Crippen molar-refractivity contribution >= 4 is 17.6 Å². The molecule has 26 heavy (non-hydrogen) atoms. The Kier molecular flexibility index (Phi) is 5.20. The summed E-state index contributed by atoms with van der Waals surface area (Å²) in [6.45, 7) is 5.72. The summed E-state index contributed by atoms with van der Waals surface area (Å²) in [7, 11) is 0. The molecule has 6 nitrogen and oxygen atoms in total. The van der Waals surface area contributed by atoms with Crippen LogP contribution in [0.5, 0.6) is 0 Å². The van der Waals surface area contributed by atoms with Crippen molar-refractivity contribution in [1.82, 2.24) is 14.8 Å². The van der Waals surface area contributed by atoms with Gasteiger partial charge in [0.15, 0.2) is 0 Å². The Morgan fingerprint density at radius 2 is 1.73 bits per heavy atom. The van der Waals surface area contributed by atoms with Crippen LogP contribution in [0.1, 0.15) is 23.2 Å². The molecule has 2 saturated heterocycles. The molecule has 0 saturated carbocycles. The van der Waals surface area contributed by atoms with Crippen LogP contribution in [0.25, 0.3) is 0 Å². The van der Waals surface area contributed by atoms with Gasteiger partial charge in [0, 0.05) is 58.3 Å². The number of piperazine rings is 1. The molecule has 2 aliphatic heterocycles. The van der Waals surface area contributed by atoms with Crippen molar-refractivity contribution in [2.75, 3.05) is 44.2 Å². The van der Waals surface area contributed by atoms with Gasteiger partial charge in [-0.15, -0.1) is 0 Å². The molecule has 2 amide bonds. The number of piperidine rings is 1. The molecule has 3 heterocycles. The van der Waals surface area contributed by atoms with Gasteiger partial charge in [0.25, 0.3) is 11.8 Å². The van der Waals surface area contributed by atoms with E-state index < -0.39 is 5.92 Å². The maximum Gasteiger partial charge on any atom is 0.257 e. The van der Waals surface area contributed by atoms with Crippen molar-refractivity contribution in [1.29, 1.82) is 0 Å². The minimum atomic E-state index is -2.69. The second kappa shape index (κ2) is 7.39. The van der Waals surface area contributed by atoms with Crippen LogP contribution in [0.15, 0.2) is 31.0 Å². The number of pyridine rings is 1. The number of aromatic nitrogens is 1. The molecule has 0 bridgehead atoms. The fourth-order valence-corrected chi connectivity index (χ4v) is 3.29. The van der Waals surface area contributed by atoms with Crippen molar-refractivity contribution in [3.05, 3.63) is 36.5 Å². The van der Waals surface area contributed by atoms with E-state index >= 15 is 0 Å². The highest BCUT2D eigenvalue weighted by atomic mass is 19.3. The fourth-order valence-electron chi connectivity index (χ4n) is 3.29. The first-order chi connectivity index (χ1) is 12.4. The number of rotatable bonds is 3. The molecular formula is C18H22F2N4O2. The number of halogens is 2. The third-order valence-electron chi connectivity index (χ3n) is 4.86. The molecule has 0 aromatic carbocycles. The van der Waals surface area contributed by atoms with E-state index in [4.69, 9.17) is 0 Å². The Bertz CT molecular complexity index is 692. The molecule has 0 spiro atoms. The van der Waals surface area contributed by atoms with E-state index in [1.165, 1.54) is 11.0 Å². The summed E-state index contributed by atoms with van der Waals surface area (Å²) in [5, 5.41) is 0. The van der Waals surface area contributed by atoms with Crippen molar-refractivity contribution in [2.24, 2.45) is 0 Å². The van der Waals surface area contributed by atoms with Gasteiger partial charge in [-0.2, -0.15) is 0 Å². The van der Waals surface area contributed by atoms with Gasteiger partial charge in [-0.1, -0.05) is 6.58 Å². The number of anilines is 1. The van der Waals surface area contributed by atoms with E-state index in [1.807, 2.05) is 4.90 Å². The third kappa shape index (κ3) is 3.84.